The molecule has 140 valence electrons. The summed E-state index contributed by atoms with van der Waals surface area (Å²) in [5, 5.41) is 0.621. The Kier molecular flexibility index (Phi) is 6.26. The van der Waals surface area contributed by atoms with Crippen molar-refractivity contribution in [2.45, 2.75) is 37.6 Å². The summed E-state index contributed by atoms with van der Waals surface area (Å²) in [6.07, 6.45) is 1.33. The van der Waals surface area contributed by atoms with Crippen LogP contribution in [0.3, 0.4) is 0 Å². The molecule has 0 atom stereocenters. The van der Waals surface area contributed by atoms with E-state index in [9.17, 15) is 13.2 Å². The molecule has 2 aromatic rings. The van der Waals surface area contributed by atoms with Gasteiger partial charge in [-0.25, -0.2) is 17.7 Å². The van der Waals surface area contributed by atoms with Crippen molar-refractivity contribution in [2.75, 3.05) is 19.8 Å². The lowest BCUT2D eigenvalue weighted by molar-refractivity contribution is 0.102. The summed E-state index contributed by atoms with van der Waals surface area (Å²) in [5.74, 6) is 0.320. The van der Waals surface area contributed by atoms with Crippen LogP contribution in [-0.2, 0) is 10.0 Å². The molecule has 0 fully saturated rings. The number of sulfonamides is 1. The van der Waals surface area contributed by atoms with Crippen LogP contribution in [-0.4, -0.2) is 43.3 Å². The number of aryl methyl sites for hydroxylation is 2. The summed E-state index contributed by atoms with van der Waals surface area (Å²) >= 11 is 1.31. The molecule has 0 aliphatic carbocycles. The van der Waals surface area contributed by atoms with Crippen LogP contribution in [0, 0.1) is 27.7 Å². The van der Waals surface area contributed by atoms with Gasteiger partial charge in [-0.3, -0.25) is 4.79 Å². The van der Waals surface area contributed by atoms with Crippen molar-refractivity contribution in [1.29, 1.82) is 0 Å². The van der Waals surface area contributed by atoms with Crippen LogP contribution in [0.4, 0.5) is 0 Å². The SMILES string of the molecule is Cc1cc(C)c(C)c(C(=O)CSc2ccc(S(=O)(=O)N(C)C)cn2)c1C. The van der Waals surface area contributed by atoms with Crippen LogP contribution in [0.5, 0.6) is 0 Å². The lowest BCUT2D eigenvalue weighted by Crippen LogP contribution is -2.22. The average molecular weight is 393 g/mol. The number of thioether (sulfide) groups is 1. The fourth-order valence-electron chi connectivity index (χ4n) is 2.66. The minimum absolute atomic E-state index is 0.0589. The number of benzene rings is 1. The predicted molar refractivity (Wildman–Crippen MR) is 106 cm³/mol. The van der Waals surface area contributed by atoms with E-state index in [-0.39, 0.29) is 16.4 Å². The van der Waals surface area contributed by atoms with Gasteiger partial charge in [0.15, 0.2) is 5.78 Å². The van der Waals surface area contributed by atoms with Crippen LogP contribution in [0.25, 0.3) is 0 Å². The lowest BCUT2D eigenvalue weighted by atomic mass is 9.92. The van der Waals surface area contributed by atoms with Gasteiger partial charge in [0.1, 0.15) is 4.90 Å². The van der Waals surface area contributed by atoms with E-state index in [0.717, 1.165) is 32.1 Å². The van der Waals surface area contributed by atoms with Crippen LogP contribution >= 0.6 is 11.8 Å². The number of carbonyl (C=O) groups is 1. The molecule has 0 radical (unpaired) electrons. The predicted octanol–water partition coefficient (Wildman–Crippen LogP) is 3.54. The molecule has 0 spiro atoms. The summed E-state index contributed by atoms with van der Waals surface area (Å²) in [4.78, 5) is 17.0. The number of hydrogen-bond donors (Lipinski definition) is 0. The number of ketones is 1. The topological polar surface area (TPSA) is 67.3 Å². The fraction of sp³-hybridized carbons (Fsp3) is 0.368. The van der Waals surface area contributed by atoms with E-state index in [1.807, 2.05) is 27.7 Å². The largest absolute Gasteiger partial charge is 0.293 e. The third-order valence-corrected chi connectivity index (χ3v) is 7.23. The van der Waals surface area contributed by atoms with Crippen molar-refractivity contribution < 1.29 is 13.2 Å². The maximum atomic E-state index is 12.7. The van der Waals surface area contributed by atoms with E-state index in [2.05, 4.69) is 11.1 Å². The van der Waals surface area contributed by atoms with Crippen molar-refractivity contribution in [3.05, 3.63) is 52.2 Å². The first-order valence-electron chi connectivity index (χ1n) is 8.17. The molecule has 0 saturated heterocycles. The Labute approximate surface area is 159 Å². The Balaban J connectivity index is 2.17. The van der Waals surface area contributed by atoms with E-state index in [0.29, 0.717) is 5.03 Å². The average Bonchev–Trinajstić information content (AvgIpc) is 2.58. The fourth-order valence-corrected chi connectivity index (χ4v) is 4.22. The van der Waals surface area contributed by atoms with Gasteiger partial charge in [-0.15, -0.1) is 0 Å². The van der Waals surface area contributed by atoms with Crippen LogP contribution in [0.15, 0.2) is 34.3 Å². The smallest absolute Gasteiger partial charge is 0.244 e. The number of rotatable bonds is 6. The number of aromatic nitrogens is 1. The number of carbonyl (C=O) groups excluding carboxylic acids is 1. The second-order valence-corrected chi connectivity index (χ2v) is 9.61. The summed E-state index contributed by atoms with van der Waals surface area (Å²) in [6.45, 7) is 7.96. The van der Waals surface area contributed by atoms with Gasteiger partial charge in [-0.1, -0.05) is 17.8 Å². The Morgan fingerprint density at radius 3 is 2.12 bits per heavy atom. The molecule has 0 N–H and O–H groups in total. The summed E-state index contributed by atoms with van der Waals surface area (Å²) in [7, 11) is -0.539. The molecule has 1 aromatic carbocycles. The Bertz CT molecular complexity index is 908. The van der Waals surface area contributed by atoms with E-state index < -0.39 is 10.0 Å². The first-order chi connectivity index (χ1) is 12.1. The van der Waals surface area contributed by atoms with Crippen molar-refractivity contribution in [2.24, 2.45) is 0 Å². The maximum absolute atomic E-state index is 12.7. The van der Waals surface area contributed by atoms with Crippen molar-refractivity contribution in [1.82, 2.24) is 9.29 Å². The standard InChI is InChI=1S/C19H24N2O3S2/c1-12-9-13(2)15(4)19(14(12)3)17(22)11-25-18-8-7-16(10-20-18)26(23,24)21(5)6/h7-10H,11H2,1-6H3. The molecule has 0 aliphatic heterocycles. The molecule has 0 aliphatic rings. The maximum Gasteiger partial charge on any atom is 0.244 e. The monoisotopic (exact) mass is 392 g/mol. The second kappa shape index (κ2) is 7.90. The highest BCUT2D eigenvalue weighted by atomic mass is 32.2. The van der Waals surface area contributed by atoms with Crippen LogP contribution in [0.2, 0.25) is 0 Å². The molecule has 1 heterocycles. The third-order valence-electron chi connectivity index (χ3n) is 4.48. The molecule has 0 bridgehead atoms. The minimum atomic E-state index is -3.49. The normalized spacial score (nSPS) is 11.8. The lowest BCUT2D eigenvalue weighted by Gasteiger charge is -2.14. The van der Waals surface area contributed by atoms with Gasteiger partial charge in [-0.05, 0) is 62.1 Å². The Morgan fingerprint density at radius 1 is 1.08 bits per heavy atom. The summed E-state index contributed by atoms with van der Waals surface area (Å²) in [6, 6.07) is 5.25. The number of pyridine rings is 1. The zero-order valence-electron chi connectivity index (χ0n) is 16.0. The molecule has 26 heavy (non-hydrogen) atoms. The Morgan fingerprint density at radius 2 is 1.65 bits per heavy atom. The van der Waals surface area contributed by atoms with Gasteiger partial charge >= 0.3 is 0 Å². The van der Waals surface area contributed by atoms with Gasteiger partial charge < -0.3 is 0 Å². The molecule has 0 unspecified atom stereocenters. The summed E-state index contributed by atoms with van der Waals surface area (Å²) < 4.78 is 25.3. The highest BCUT2D eigenvalue weighted by Crippen LogP contribution is 2.25. The van der Waals surface area contributed by atoms with Crippen molar-refractivity contribution in [3.8, 4) is 0 Å². The second-order valence-electron chi connectivity index (χ2n) is 6.47. The van der Waals surface area contributed by atoms with E-state index in [4.69, 9.17) is 0 Å². The number of hydrogen-bond acceptors (Lipinski definition) is 5. The third kappa shape index (κ3) is 4.16. The molecule has 7 heteroatoms. The first kappa shape index (κ1) is 20.6. The number of Topliss-reactive ketones (excluding diaryl/α,β-unsaturated/α-hetero) is 1. The van der Waals surface area contributed by atoms with Gasteiger partial charge in [0, 0.05) is 25.9 Å². The quantitative estimate of drug-likeness (QED) is 0.556. The van der Waals surface area contributed by atoms with Crippen LogP contribution < -0.4 is 0 Å². The molecular weight excluding hydrogens is 368 g/mol. The molecule has 5 nitrogen and oxygen atoms in total. The highest BCUT2D eigenvalue weighted by molar-refractivity contribution is 7.99. The molecular formula is C19H24N2O3S2. The van der Waals surface area contributed by atoms with Gasteiger partial charge in [0.2, 0.25) is 10.0 Å². The van der Waals surface area contributed by atoms with E-state index >= 15 is 0 Å². The van der Waals surface area contributed by atoms with E-state index in [1.54, 1.807) is 6.07 Å². The molecule has 0 saturated carbocycles. The zero-order valence-corrected chi connectivity index (χ0v) is 17.6. The zero-order chi connectivity index (χ0) is 19.6. The molecule has 2 rings (SSSR count). The minimum Gasteiger partial charge on any atom is -0.293 e. The van der Waals surface area contributed by atoms with Gasteiger partial charge in [0.05, 0.1) is 10.8 Å². The van der Waals surface area contributed by atoms with Crippen LogP contribution in [0.1, 0.15) is 32.6 Å². The van der Waals surface area contributed by atoms with Crippen molar-refractivity contribution in [3.63, 3.8) is 0 Å². The van der Waals surface area contributed by atoms with E-state index in [1.165, 1.54) is 38.1 Å². The Hall–Kier alpha value is -1.70. The van der Waals surface area contributed by atoms with Crippen molar-refractivity contribution >= 4 is 27.6 Å². The summed E-state index contributed by atoms with van der Waals surface area (Å²) in [5.41, 5.74) is 5.02. The first-order valence-corrected chi connectivity index (χ1v) is 10.6. The van der Waals surface area contributed by atoms with Gasteiger partial charge in [0.25, 0.3) is 0 Å². The molecule has 0 amide bonds. The van der Waals surface area contributed by atoms with Gasteiger partial charge in [-0.2, -0.15) is 0 Å². The highest BCUT2D eigenvalue weighted by Gasteiger charge is 2.19. The molecule has 1 aromatic heterocycles. The number of nitrogens with zero attached hydrogens (tertiary/aromatic N) is 2.